The highest BCUT2D eigenvalue weighted by Gasteiger charge is 2.18. The van der Waals surface area contributed by atoms with Crippen LogP contribution >= 0.6 is 0 Å². The van der Waals surface area contributed by atoms with E-state index in [-0.39, 0.29) is 0 Å². The Kier molecular flexibility index (Phi) is 3.96. The molecule has 1 aromatic carbocycles. The smallest absolute Gasteiger partial charge is 0.208 e. The Bertz CT molecular complexity index is 607. The lowest BCUT2D eigenvalue weighted by molar-refractivity contribution is 0.165. The number of methoxy groups -OCH3 is 1. The predicted molar refractivity (Wildman–Crippen MR) is 75.8 cm³/mol. The van der Waals surface area contributed by atoms with Crippen molar-refractivity contribution >= 4 is 0 Å². The number of nitrogens with one attached hydrogen (secondary N) is 1. The standard InChI is InChI=1S/C15H18N2O4/c1-10-7-17-14(21-10)9-16-8-11-5-12(18-2)15-13(6-11)19-3-4-20-15/h5-7,16H,3-4,8-9H2,1-2H3. The van der Waals surface area contributed by atoms with Gasteiger partial charge in [0.1, 0.15) is 19.0 Å². The van der Waals surface area contributed by atoms with Crippen molar-refractivity contribution in [3.8, 4) is 17.2 Å². The van der Waals surface area contributed by atoms with E-state index in [2.05, 4.69) is 10.3 Å². The Morgan fingerprint density at radius 1 is 1.24 bits per heavy atom. The van der Waals surface area contributed by atoms with Crippen molar-refractivity contribution in [2.75, 3.05) is 20.3 Å². The van der Waals surface area contributed by atoms with E-state index in [9.17, 15) is 0 Å². The van der Waals surface area contributed by atoms with Crippen molar-refractivity contribution in [2.24, 2.45) is 0 Å². The average molecular weight is 290 g/mol. The lowest BCUT2D eigenvalue weighted by atomic mass is 10.1. The molecule has 0 amide bonds. The molecule has 3 rings (SSSR count). The highest BCUT2D eigenvalue weighted by molar-refractivity contribution is 5.54. The first kappa shape index (κ1) is 13.8. The molecule has 1 aliphatic heterocycles. The minimum atomic E-state index is 0.546. The zero-order valence-electron chi connectivity index (χ0n) is 12.1. The predicted octanol–water partition coefficient (Wildman–Crippen LogP) is 2.05. The summed E-state index contributed by atoms with van der Waals surface area (Å²) >= 11 is 0. The van der Waals surface area contributed by atoms with Crippen molar-refractivity contribution in [1.29, 1.82) is 0 Å². The number of oxazole rings is 1. The van der Waals surface area contributed by atoms with E-state index < -0.39 is 0 Å². The molecule has 0 unspecified atom stereocenters. The molecule has 6 heteroatoms. The van der Waals surface area contributed by atoms with Gasteiger partial charge in [-0.3, -0.25) is 0 Å². The Hall–Kier alpha value is -2.21. The van der Waals surface area contributed by atoms with Crippen LogP contribution in [0.2, 0.25) is 0 Å². The largest absolute Gasteiger partial charge is 0.493 e. The molecule has 1 aliphatic rings. The quantitative estimate of drug-likeness (QED) is 0.909. The Morgan fingerprint density at radius 3 is 2.86 bits per heavy atom. The second-order valence-electron chi connectivity index (χ2n) is 4.79. The number of hydrogen-bond donors (Lipinski definition) is 1. The van der Waals surface area contributed by atoms with E-state index in [1.807, 2.05) is 19.1 Å². The van der Waals surface area contributed by atoms with Crippen LogP contribution in [-0.4, -0.2) is 25.3 Å². The molecule has 0 bridgehead atoms. The third-order valence-electron chi connectivity index (χ3n) is 3.16. The molecule has 0 aliphatic carbocycles. The van der Waals surface area contributed by atoms with Crippen LogP contribution in [0.4, 0.5) is 0 Å². The molecule has 112 valence electrons. The summed E-state index contributed by atoms with van der Waals surface area (Å²) < 4.78 is 22.0. The van der Waals surface area contributed by atoms with Gasteiger partial charge in [0, 0.05) is 6.54 Å². The lowest BCUT2D eigenvalue weighted by Gasteiger charge is -2.21. The minimum Gasteiger partial charge on any atom is -0.493 e. The van der Waals surface area contributed by atoms with Crippen LogP contribution in [0.1, 0.15) is 17.2 Å². The molecule has 0 spiro atoms. The van der Waals surface area contributed by atoms with Gasteiger partial charge in [0.15, 0.2) is 11.5 Å². The molecule has 6 nitrogen and oxygen atoms in total. The van der Waals surface area contributed by atoms with Crippen molar-refractivity contribution in [1.82, 2.24) is 10.3 Å². The molecule has 2 aromatic rings. The van der Waals surface area contributed by atoms with Crippen LogP contribution in [0.15, 0.2) is 22.7 Å². The fourth-order valence-corrected chi connectivity index (χ4v) is 2.23. The molecule has 0 fully saturated rings. The summed E-state index contributed by atoms with van der Waals surface area (Å²) in [6.07, 6.45) is 1.71. The first-order chi connectivity index (χ1) is 10.3. The maximum absolute atomic E-state index is 5.61. The molecule has 1 aromatic heterocycles. The molecule has 0 atom stereocenters. The first-order valence-corrected chi connectivity index (χ1v) is 6.85. The van der Waals surface area contributed by atoms with E-state index in [0.717, 1.165) is 17.1 Å². The van der Waals surface area contributed by atoms with Gasteiger partial charge in [-0.15, -0.1) is 0 Å². The van der Waals surface area contributed by atoms with Crippen molar-refractivity contribution in [3.05, 3.63) is 35.5 Å². The van der Waals surface area contributed by atoms with Crippen LogP contribution in [0.5, 0.6) is 17.2 Å². The maximum atomic E-state index is 5.61. The molecular formula is C15H18N2O4. The van der Waals surface area contributed by atoms with Gasteiger partial charge in [-0.1, -0.05) is 0 Å². The number of benzene rings is 1. The van der Waals surface area contributed by atoms with Gasteiger partial charge in [-0.05, 0) is 24.6 Å². The molecule has 2 heterocycles. The Balaban J connectivity index is 1.67. The highest BCUT2D eigenvalue weighted by Crippen LogP contribution is 2.40. The second-order valence-corrected chi connectivity index (χ2v) is 4.79. The number of nitrogens with zero attached hydrogens (tertiary/aromatic N) is 1. The summed E-state index contributed by atoms with van der Waals surface area (Å²) in [6, 6.07) is 3.91. The zero-order chi connectivity index (χ0) is 14.7. The van der Waals surface area contributed by atoms with E-state index in [1.54, 1.807) is 13.3 Å². The van der Waals surface area contributed by atoms with E-state index in [1.165, 1.54) is 0 Å². The monoisotopic (exact) mass is 290 g/mol. The Morgan fingerprint density at radius 2 is 2.10 bits per heavy atom. The summed E-state index contributed by atoms with van der Waals surface area (Å²) in [5.41, 5.74) is 1.05. The fourth-order valence-electron chi connectivity index (χ4n) is 2.23. The summed E-state index contributed by atoms with van der Waals surface area (Å²) in [7, 11) is 1.63. The summed E-state index contributed by atoms with van der Waals surface area (Å²) in [4.78, 5) is 4.15. The van der Waals surface area contributed by atoms with Crippen LogP contribution < -0.4 is 19.5 Å². The van der Waals surface area contributed by atoms with Crippen LogP contribution in [0, 0.1) is 6.92 Å². The number of aromatic nitrogens is 1. The second kappa shape index (κ2) is 6.05. The maximum Gasteiger partial charge on any atom is 0.208 e. The molecule has 0 saturated carbocycles. The summed E-state index contributed by atoms with van der Waals surface area (Å²) in [5.74, 6) is 3.58. The number of ether oxygens (including phenoxy) is 3. The normalized spacial score (nSPS) is 13.2. The molecule has 0 saturated heterocycles. The SMILES string of the molecule is COc1cc(CNCc2ncc(C)o2)cc2c1OCCO2. The van der Waals surface area contributed by atoms with Crippen LogP contribution in [0.3, 0.4) is 0 Å². The van der Waals surface area contributed by atoms with Crippen LogP contribution in [-0.2, 0) is 13.1 Å². The van der Waals surface area contributed by atoms with Crippen LogP contribution in [0.25, 0.3) is 0 Å². The van der Waals surface area contributed by atoms with E-state index in [4.69, 9.17) is 18.6 Å². The molecular weight excluding hydrogens is 272 g/mol. The van der Waals surface area contributed by atoms with Gasteiger partial charge < -0.3 is 23.9 Å². The van der Waals surface area contributed by atoms with Crippen molar-refractivity contribution in [3.63, 3.8) is 0 Å². The Labute approximate surface area is 123 Å². The number of aryl methyl sites for hydroxylation is 1. The number of rotatable bonds is 5. The number of hydrogen-bond acceptors (Lipinski definition) is 6. The van der Waals surface area contributed by atoms with E-state index in [0.29, 0.717) is 43.7 Å². The zero-order valence-corrected chi connectivity index (χ0v) is 12.1. The summed E-state index contributed by atoms with van der Waals surface area (Å²) in [5, 5.41) is 3.28. The van der Waals surface area contributed by atoms with E-state index >= 15 is 0 Å². The summed E-state index contributed by atoms with van der Waals surface area (Å²) in [6.45, 7) is 4.22. The lowest BCUT2D eigenvalue weighted by Crippen LogP contribution is -2.17. The average Bonchev–Trinajstić information content (AvgIpc) is 2.92. The van der Waals surface area contributed by atoms with Crippen molar-refractivity contribution < 1.29 is 18.6 Å². The third-order valence-corrected chi connectivity index (χ3v) is 3.16. The highest BCUT2D eigenvalue weighted by atomic mass is 16.6. The molecule has 1 N–H and O–H groups in total. The third kappa shape index (κ3) is 3.11. The molecule has 0 radical (unpaired) electrons. The number of fused-ring (bicyclic) bond motifs is 1. The van der Waals surface area contributed by atoms with Gasteiger partial charge in [0.2, 0.25) is 11.6 Å². The minimum absolute atomic E-state index is 0.546. The van der Waals surface area contributed by atoms with Crippen molar-refractivity contribution in [2.45, 2.75) is 20.0 Å². The van der Waals surface area contributed by atoms with Gasteiger partial charge >= 0.3 is 0 Å². The molecule has 21 heavy (non-hydrogen) atoms. The van der Waals surface area contributed by atoms with Gasteiger partial charge in [-0.25, -0.2) is 4.98 Å². The topological polar surface area (TPSA) is 65.8 Å². The fraction of sp³-hybridized carbons (Fsp3) is 0.400. The van der Waals surface area contributed by atoms with Gasteiger partial charge in [0.25, 0.3) is 0 Å². The van der Waals surface area contributed by atoms with Gasteiger partial charge in [0.05, 0.1) is 19.9 Å². The first-order valence-electron chi connectivity index (χ1n) is 6.85. The van der Waals surface area contributed by atoms with Gasteiger partial charge in [-0.2, -0.15) is 0 Å².